The summed E-state index contributed by atoms with van der Waals surface area (Å²) in [5.41, 5.74) is -1.53. The number of aliphatic hydroxyl groups is 3. The largest absolute Gasteiger partial charge is 0.507 e. The van der Waals surface area contributed by atoms with Gasteiger partial charge in [-0.05, 0) is 44.6 Å². The number of nitrogens with one attached hydrogen (secondary N) is 1. The number of phenols is 1. The highest BCUT2D eigenvalue weighted by molar-refractivity contribution is 6.37. The number of hydrazone groups is 1. The van der Waals surface area contributed by atoms with E-state index in [1.54, 1.807) is 44.0 Å². The van der Waals surface area contributed by atoms with Crippen LogP contribution in [0.2, 0.25) is 0 Å². The number of piperazine rings is 1. The van der Waals surface area contributed by atoms with Crippen molar-refractivity contribution >= 4 is 29.5 Å². The molecule has 1 aromatic carbocycles. The van der Waals surface area contributed by atoms with Crippen LogP contribution in [0.4, 0.5) is 0 Å². The molecule has 5 N–H and O–H groups in total. The van der Waals surface area contributed by atoms with Gasteiger partial charge in [0.15, 0.2) is 5.78 Å². The number of fused-ring (bicyclic) bond motifs is 14. The summed E-state index contributed by atoms with van der Waals surface area (Å²) in [4.78, 5) is 59.8. The highest BCUT2D eigenvalue weighted by Crippen LogP contribution is 2.48. The second-order valence-corrected chi connectivity index (χ2v) is 17.3. The molecule has 2 fully saturated rings. The van der Waals surface area contributed by atoms with E-state index in [0.717, 1.165) is 13.1 Å². The monoisotopic (exact) mass is 816 g/mol. The summed E-state index contributed by atoms with van der Waals surface area (Å²) < 4.78 is 12.0. The fourth-order valence-electron chi connectivity index (χ4n) is 8.92. The maximum absolute atomic E-state index is 14.7. The van der Waals surface area contributed by atoms with Crippen molar-refractivity contribution in [2.24, 2.45) is 34.7 Å². The lowest BCUT2D eigenvalue weighted by Crippen LogP contribution is -2.48. The maximum Gasteiger partial charge on any atom is 0.312 e. The SMILES string of the molecule is C/C1=C/C=C/[C@H](C)[C@H](O)[C@@H](C)[C@@H](O)[C@@H](C)[C@H](O)[C@H](C)[C@@H](C)/C=C/O[C@@]2(C)Oc3c(C)c(O)c4c(c3C2=O)C(=O)C(/C=N/N2CCN(C3CCCC3)CC2)=C(NC1=O)C4=O. The molecule has 320 valence electrons. The van der Waals surface area contributed by atoms with Crippen LogP contribution in [0.3, 0.4) is 0 Å². The number of aliphatic hydroxyl groups excluding tert-OH is 3. The van der Waals surface area contributed by atoms with Crippen LogP contribution in [-0.2, 0) is 9.53 Å². The van der Waals surface area contributed by atoms with E-state index >= 15 is 0 Å². The molecule has 5 bridgehead atoms. The van der Waals surface area contributed by atoms with Crippen LogP contribution < -0.4 is 10.1 Å². The molecule has 2 aliphatic carbocycles. The van der Waals surface area contributed by atoms with Crippen LogP contribution in [0.5, 0.6) is 11.5 Å². The number of carbonyl (C=O) groups is 4. The van der Waals surface area contributed by atoms with Gasteiger partial charge in [-0.2, -0.15) is 5.10 Å². The van der Waals surface area contributed by atoms with E-state index in [1.807, 2.05) is 13.8 Å². The summed E-state index contributed by atoms with van der Waals surface area (Å²) in [6.45, 7) is 15.9. The maximum atomic E-state index is 14.7. The van der Waals surface area contributed by atoms with Gasteiger partial charge in [0.05, 0.1) is 53.1 Å². The Balaban J connectivity index is 1.42. The predicted octanol–water partition coefficient (Wildman–Crippen LogP) is 4.60. The van der Waals surface area contributed by atoms with Gasteiger partial charge in [-0.15, -0.1) is 0 Å². The van der Waals surface area contributed by atoms with Crippen LogP contribution in [0.25, 0.3) is 0 Å². The predicted molar refractivity (Wildman–Crippen MR) is 221 cm³/mol. The van der Waals surface area contributed by atoms with Crippen molar-refractivity contribution in [2.75, 3.05) is 26.2 Å². The first kappa shape index (κ1) is 43.9. The minimum atomic E-state index is -2.00. The van der Waals surface area contributed by atoms with E-state index in [9.17, 15) is 39.6 Å². The van der Waals surface area contributed by atoms with E-state index in [-0.39, 0.29) is 39.5 Å². The molecule has 4 heterocycles. The standard InChI is InChI=1S/C45H60N4O10/c1-23-16-21-58-45(8)43(56)34-32-33(39(53)29(7)42(34)59-45)41(55)35(31(40(32)54)22-46-49-19-17-48(18-20-49)30-14-9-10-15-30)47-44(57)25(3)13-11-12-24(2)36(50)27(5)38(52)28(6)37(51)26(23)4/h11-13,16,21-24,26-28,30,36-38,50-53H,9-10,14-15,17-20H2,1-8H3,(H,47,57)/b12-11+,21-16+,25-13-,46-22+/t23-,24-,26+,27+,28-,36-,37+,38+,45-/m0/s1. The number of phenolic OH excluding ortho intramolecular Hbond substituents is 1. The van der Waals surface area contributed by atoms with Gasteiger partial charge in [-0.25, -0.2) is 0 Å². The van der Waals surface area contributed by atoms with Crippen molar-refractivity contribution in [1.82, 2.24) is 15.2 Å². The third-order valence-corrected chi connectivity index (χ3v) is 13.4. The molecular weight excluding hydrogens is 757 g/mol. The van der Waals surface area contributed by atoms with E-state index in [1.165, 1.54) is 65.0 Å². The van der Waals surface area contributed by atoms with Gasteiger partial charge in [0.1, 0.15) is 17.2 Å². The van der Waals surface area contributed by atoms with Gasteiger partial charge in [0.2, 0.25) is 5.78 Å². The first-order valence-electron chi connectivity index (χ1n) is 20.9. The average Bonchev–Trinajstić information content (AvgIpc) is 3.85. The molecule has 0 aromatic heterocycles. The molecule has 0 spiro atoms. The fourth-order valence-corrected chi connectivity index (χ4v) is 8.92. The Labute approximate surface area is 346 Å². The van der Waals surface area contributed by atoms with Crippen LogP contribution in [0.15, 0.2) is 52.5 Å². The van der Waals surface area contributed by atoms with Crippen LogP contribution >= 0.6 is 0 Å². The van der Waals surface area contributed by atoms with E-state index < -0.39 is 88.0 Å². The number of benzene rings is 1. The van der Waals surface area contributed by atoms with Crippen molar-refractivity contribution in [1.29, 1.82) is 0 Å². The Morgan fingerprint density at radius 2 is 1.44 bits per heavy atom. The first-order chi connectivity index (χ1) is 27.9. The lowest BCUT2D eigenvalue weighted by Gasteiger charge is -2.36. The van der Waals surface area contributed by atoms with Gasteiger partial charge >= 0.3 is 5.79 Å². The third-order valence-electron chi connectivity index (χ3n) is 13.4. The summed E-state index contributed by atoms with van der Waals surface area (Å²) in [6.07, 6.45) is 10.7. The zero-order chi connectivity index (χ0) is 43.1. The summed E-state index contributed by atoms with van der Waals surface area (Å²) >= 11 is 0. The molecular formula is C45H60N4O10. The van der Waals surface area contributed by atoms with Crippen LogP contribution in [0.1, 0.15) is 111 Å². The summed E-state index contributed by atoms with van der Waals surface area (Å²) in [5, 5.41) is 54.3. The summed E-state index contributed by atoms with van der Waals surface area (Å²) in [5.74, 6) is -8.31. The number of ketones is 3. The molecule has 0 radical (unpaired) electrons. The Morgan fingerprint density at radius 3 is 2.10 bits per heavy atom. The molecule has 4 aliphatic heterocycles. The Kier molecular flexibility index (Phi) is 13.1. The zero-order valence-electron chi connectivity index (χ0n) is 35.4. The molecule has 59 heavy (non-hydrogen) atoms. The average molecular weight is 817 g/mol. The number of hydrogen-bond donors (Lipinski definition) is 5. The highest BCUT2D eigenvalue weighted by Gasteiger charge is 2.52. The molecule has 1 saturated heterocycles. The highest BCUT2D eigenvalue weighted by atomic mass is 16.7. The smallest absolute Gasteiger partial charge is 0.312 e. The molecule has 1 aromatic rings. The van der Waals surface area contributed by atoms with Crippen molar-refractivity contribution in [2.45, 2.75) is 111 Å². The number of nitrogens with zero attached hydrogens (tertiary/aromatic N) is 3. The van der Waals surface area contributed by atoms with Crippen molar-refractivity contribution in [3.8, 4) is 11.5 Å². The van der Waals surface area contributed by atoms with E-state index in [2.05, 4.69) is 15.3 Å². The van der Waals surface area contributed by atoms with Crippen LogP contribution in [-0.4, -0.2) is 116 Å². The molecule has 0 unspecified atom stereocenters. The van der Waals surface area contributed by atoms with Gasteiger partial charge < -0.3 is 35.2 Å². The van der Waals surface area contributed by atoms with Gasteiger partial charge in [0.25, 0.3) is 11.7 Å². The number of aromatic hydroxyl groups is 1. The summed E-state index contributed by atoms with van der Waals surface area (Å²) in [7, 11) is 0. The number of Topliss-reactive ketones (excluding diaryl/α,β-unsaturated/α-hetero) is 3. The molecule has 14 nitrogen and oxygen atoms in total. The van der Waals surface area contributed by atoms with Gasteiger partial charge in [0, 0.05) is 68.0 Å². The molecule has 1 saturated carbocycles. The normalized spacial score (nSPS) is 35.1. The number of amides is 1. The van der Waals surface area contributed by atoms with Crippen molar-refractivity contribution in [3.63, 3.8) is 0 Å². The Morgan fingerprint density at radius 1 is 0.814 bits per heavy atom. The molecule has 14 heteroatoms. The van der Waals surface area contributed by atoms with Crippen molar-refractivity contribution in [3.05, 3.63) is 69.7 Å². The Bertz CT molecular complexity index is 2010. The number of hydrogen-bond acceptors (Lipinski definition) is 13. The molecule has 1 amide bonds. The number of ether oxygens (including phenoxy) is 2. The number of rotatable bonds is 3. The third kappa shape index (κ3) is 8.41. The quantitative estimate of drug-likeness (QED) is 0.267. The van der Waals surface area contributed by atoms with Gasteiger partial charge in [-0.1, -0.05) is 65.7 Å². The van der Waals surface area contributed by atoms with E-state index in [0.29, 0.717) is 19.1 Å². The summed E-state index contributed by atoms with van der Waals surface area (Å²) in [6, 6.07) is 0.549. The van der Waals surface area contributed by atoms with Crippen LogP contribution in [0, 0.1) is 36.5 Å². The number of allylic oxidation sites excluding steroid dienone is 5. The van der Waals surface area contributed by atoms with E-state index in [4.69, 9.17) is 9.47 Å². The molecule has 7 rings (SSSR count). The molecule has 9 atom stereocenters. The van der Waals surface area contributed by atoms with Crippen molar-refractivity contribution < 1.29 is 49.1 Å². The minimum absolute atomic E-state index is 0.0300. The topological polar surface area (TPSA) is 199 Å². The second-order valence-electron chi connectivity index (χ2n) is 17.3. The Hall–Kier alpha value is -4.63. The number of carbonyl (C=O) groups excluding carboxylic acids is 4. The molecule has 6 aliphatic rings. The lowest BCUT2D eigenvalue weighted by molar-refractivity contribution is -0.116. The second kappa shape index (κ2) is 17.5. The minimum Gasteiger partial charge on any atom is -0.507 e. The zero-order valence-corrected chi connectivity index (χ0v) is 35.4. The fraction of sp³-hybridized carbons (Fsp3) is 0.578. The van der Waals surface area contributed by atoms with Gasteiger partial charge in [-0.3, -0.25) is 29.1 Å². The first-order valence-corrected chi connectivity index (χ1v) is 20.9. The lowest BCUT2D eigenvalue weighted by atomic mass is 9.77.